The summed E-state index contributed by atoms with van der Waals surface area (Å²) in [6.07, 6.45) is 2.53. The summed E-state index contributed by atoms with van der Waals surface area (Å²) in [6.45, 7) is 8.28. The average molecular weight is 282 g/mol. The third-order valence-corrected chi connectivity index (χ3v) is 3.93. The summed E-state index contributed by atoms with van der Waals surface area (Å²) in [7, 11) is 0. The van der Waals surface area contributed by atoms with Gasteiger partial charge in [0.1, 0.15) is 5.69 Å². The van der Waals surface area contributed by atoms with Crippen molar-refractivity contribution in [3.05, 3.63) is 29.0 Å². The molecule has 1 amide bonds. The van der Waals surface area contributed by atoms with Crippen LogP contribution in [0.15, 0.2) is 18.3 Å². The minimum atomic E-state index is -0.206. The lowest BCUT2D eigenvalue weighted by Gasteiger charge is -2.27. The predicted molar refractivity (Wildman–Crippen MR) is 76.4 cm³/mol. The molecule has 0 spiro atoms. The first-order valence-corrected chi connectivity index (χ1v) is 6.96. The van der Waals surface area contributed by atoms with E-state index in [0.29, 0.717) is 16.8 Å². The first kappa shape index (κ1) is 14.3. The number of nitrogens with zero attached hydrogens (tertiary/aromatic N) is 2. The quantitative estimate of drug-likeness (QED) is 0.925. The van der Waals surface area contributed by atoms with Crippen LogP contribution >= 0.6 is 11.6 Å². The van der Waals surface area contributed by atoms with Gasteiger partial charge in [0.05, 0.1) is 10.6 Å². The molecule has 1 aliphatic rings. The van der Waals surface area contributed by atoms with Crippen molar-refractivity contribution in [2.45, 2.75) is 38.8 Å². The van der Waals surface area contributed by atoms with Crippen molar-refractivity contribution in [3.8, 4) is 0 Å². The van der Waals surface area contributed by atoms with Gasteiger partial charge in [-0.05, 0) is 39.3 Å². The maximum Gasteiger partial charge on any atom is 0.271 e. The van der Waals surface area contributed by atoms with Crippen LogP contribution in [-0.2, 0) is 0 Å². The standard InChI is InChI=1S/C14H20ClN3O/c1-10(2)18-8-6-14(3,9-18)17-13(19)12-11(15)5-4-7-16-12/h4-5,7,10H,6,8-9H2,1-3H3,(H,17,19). The molecule has 104 valence electrons. The molecule has 0 saturated carbocycles. The summed E-state index contributed by atoms with van der Waals surface area (Å²) in [5, 5.41) is 3.46. The molecule has 1 atom stereocenters. The second kappa shape index (κ2) is 5.47. The Morgan fingerprint density at radius 3 is 2.89 bits per heavy atom. The number of aromatic nitrogens is 1. The highest BCUT2D eigenvalue weighted by Gasteiger charge is 2.36. The number of likely N-dealkylation sites (tertiary alicyclic amines) is 1. The van der Waals surface area contributed by atoms with Crippen LogP contribution in [0.2, 0.25) is 5.02 Å². The molecule has 2 heterocycles. The number of halogens is 1. The van der Waals surface area contributed by atoms with Gasteiger partial charge in [-0.3, -0.25) is 9.69 Å². The molecule has 5 heteroatoms. The van der Waals surface area contributed by atoms with Crippen molar-refractivity contribution >= 4 is 17.5 Å². The topological polar surface area (TPSA) is 45.2 Å². The molecule has 0 bridgehead atoms. The third-order valence-electron chi connectivity index (χ3n) is 3.62. The second-order valence-corrected chi connectivity index (χ2v) is 6.07. The molecule has 0 radical (unpaired) electrons. The van der Waals surface area contributed by atoms with E-state index in [2.05, 4.69) is 36.0 Å². The van der Waals surface area contributed by atoms with E-state index in [4.69, 9.17) is 11.6 Å². The van der Waals surface area contributed by atoms with Gasteiger partial charge in [-0.25, -0.2) is 4.98 Å². The molecular formula is C14H20ClN3O. The molecule has 1 N–H and O–H groups in total. The average Bonchev–Trinajstić information content (AvgIpc) is 2.72. The van der Waals surface area contributed by atoms with E-state index >= 15 is 0 Å². The number of carbonyl (C=O) groups excluding carboxylic acids is 1. The fourth-order valence-electron chi connectivity index (χ4n) is 2.43. The summed E-state index contributed by atoms with van der Waals surface area (Å²) in [6, 6.07) is 3.90. The normalized spacial score (nSPS) is 23.8. The molecule has 1 unspecified atom stereocenters. The summed E-state index contributed by atoms with van der Waals surface area (Å²) in [5.74, 6) is -0.196. The molecule has 1 fully saturated rings. The number of hydrogen-bond acceptors (Lipinski definition) is 3. The zero-order valence-corrected chi connectivity index (χ0v) is 12.4. The molecule has 1 aromatic rings. The van der Waals surface area contributed by atoms with Gasteiger partial charge in [-0.15, -0.1) is 0 Å². The Hall–Kier alpha value is -1.13. The molecular weight excluding hydrogens is 262 g/mol. The number of rotatable bonds is 3. The van der Waals surface area contributed by atoms with Crippen LogP contribution < -0.4 is 5.32 Å². The molecule has 19 heavy (non-hydrogen) atoms. The number of pyridine rings is 1. The SMILES string of the molecule is CC(C)N1CCC(C)(NC(=O)c2ncccc2Cl)C1. The molecule has 0 aliphatic carbocycles. The summed E-state index contributed by atoms with van der Waals surface area (Å²) < 4.78 is 0. The van der Waals surface area contributed by atoms with Crippen molar-refractivity contribution in [3.63, 3.8) is 0 Å². The van der Waals surface area contributed by atoms with Gasteiger partial charge in [0.25, 0.3) is 5.91 Å². The number of hydrogen-bond donors (Lipinski definition) is 1. The zero-order chi connectivity index (χ0) is 14.0. The van der Waals surface area contributed by atoms with Crippen LogP contribution in [0.25, 0.3) is 0 Å². The highest BCUT2D eigenvalue weighted by atomic mass is 35.5. The van der Waals surface area contributed by atoms with Crippen LogP contribution in [0, 0.1) is 0 Å². The van der Waals surface area contributed by atoms with E-state index in [1.807, 2.05) is 0 Å². The Balaban J connectivity index is 2.06. The fraction of sp³-hybridized carbons (Fsp3) is 0.571. The predicted octanol–water partition coefficient (Wildman–Crippen LogP) is 2.34. The Kier molecular flexibility index (Phi) is 4.11. The van der Waals surface area contributed by atoms with E-state index < -0.39 is 0 Å². The summed E-state index contributed by atoms with van der Waals surface area (Å²) in [5.41, 5.74) is 0.0933. The molecule has 2 rings (SSSR count). The lowest BCUT2D eigenvalue weighted by molar-refractivity contribution is 0.0900. The Labute approximate surface area is 119 Å². The van der Waals surface area contributed by atoms with Crippen LogP contribution in [-0.4, -0.2) is 40.5 Å². The van der Waals surface area contributed by atoms with Gasteiger partial charge in [0, 0.05) is 25.3 Å². The van der Waals surface area contributed by atoms with Gasteiger partial charge < -0.3 is 5.32 Å². The van der Waals surface area contributed by atoms with Gasteiger partial charge in [-0.2, -0.15) is 0 Å². The van der Waals surface area contributed by atoms with E-state index in [-0.39, 0.29) is 11.4 Å². The maximum absolute atomic E-state index is 12.2. The number of carbonyl (C=O) groups is 1. The maximum atomic E-state index is 12.2. The number of amides is 1. The highest BCUT2D eigenvalue weighted by Crippen LogP contribution is 2.23. The van der Waals surface area contributed by atoms with Crippen LogP contribution in [0.4, 0.5) is 0 Å². The zero-order valence-electron chi connectivity index (χ0n) is 11.6. The summed E-state index contributed by atoms with van der Waals surface area (Å²) in [4.78, 5) is 18.6. The highest BCUT2D eigenvalue weighted by molar-refractivity contribution is 6.33. The monoisotopic (exact) mass is 281 g/mol. The molecule has 0 aromatic carbocycles. The Morgan fingerprint density at radius 1 is 1.58 bits per heavy atom. The Bertz CT molecular complexity index is 478. The van der Waals surface area contributed by atoms with Crippen molar-refractivity contribution < 1.29 is 4.79 Å². The van der Waals surface area contributed by atoms with Crippen molar-refractivity contribution in [1.29, 1.82) is 0 Å². The lowest BCUT2D eigenvalue weighted by Crippen LogP contribution is -2.48. The first-order valence-electron chi connectivity index (χ1n) is 6.58. The molecule has 1 aromatic heterocycles. The van der Waals surface area contributed by atoms with E-state index in [0.717, 1.165) is 19.5 Å². The van der Waals surface area contributed by atoms with Gasteiger partial charge >= 0.3 is 0 Å². The fourth-order valence-corrected chi connectivity index (χ4v) is 2.63. The van der Waals surface area contributed by atoms with E-state index in [1.54, 1.807) is 18.3 Å². The van der Waals surface area contributed by atoms with E-state index in [1.165, 1.54) is 0 Å². The molecule has 4 nitrogen and oxygen atoms in total. The molecule has 1 saturated heterocycles. The smallest absolute Gasteiger partial charge is 0.271 e. The van der Waals surface area contributed by atoms with E-state index in [9.17, 15) is 4.79 Å². The van der Waals surface area contributed by atoms with Gasteiger partial charge in [0.2, 0.25) is 0 Å². The van der Waals surface area contributed by atoms with Crippen LogP contribution in [0.1, 0.15) is 37.7 Å². The largest absolute Gasteiger partial charge is 0.344 e. The van der Waals surface area contributed by atoms with Gasteiger partial charge in [-0.1, -0.05) is 11.6 Å². The first-order chi connectivity index (χ1) is 8.91. The Morgan fingerprint density at radius 2 is 2.32 bits per heavy atom. The summed E-state index contributed by atoms with van der Waals surface area (Å²) >= 11 is 6.00. The van der Waals surface area contributed by atoms with Crippen molar-refractivity contribution in [1.82, 2.24) is 15.2 Å². The van der Waals surface area contributed by atoms with Gasteiger partial charge in [0.15, 0.2) is 0 Å². The van der Waals surface area contributed by atoms with Crippen LogP contribution in [0.3, 0.4) is 0 Å². The number of nitrogens with one attached hydrogen (secondary N) is 1. The second-order valence-electron chi connectivity index (χ2n) is 5.66. The van der Waals surface area contributed by atoms with Crippen molar-refractivity contribution in [2.24, 2.45) is 0 Å². The minimum Gasteiger partial charge on any atom is -0.344 e. The van der Waals surface area contributed by atoms with Crippen LogP contribution in [0.5, 0.6) is 0 Å². The van der Waals surface area contributed by atoms with Crippen molar-refractivity contribution in [2.75, 3.05) is 13.1 Å². The minimum absolute atomic E-state index is 0.196. The molecule has 1 aliphatic heterocycles. The third kappa shape index (κ3) is 3.25. The lowest BCUT2D eigenvalue weighted by atomic mass is 10.0.